The molecule has 5 nitrogen and oxygen atoms in total. The van der Waals surface area contributed by atoms with Crippen molar-refractivity contribution in [3.05, 3.63) is 48.0 Å². The number of fused-ring (bicyclic) bond motifs is 1. The molecule has 2 aromatic heterocycles. The van der Waals surface area contributed by atoms with Gasteiger partial charge in [-0.25, -0.2) is 19.9 Å². The van der Waals surface area contributed by atoms with Crippen LogP contribution in [0.25, 0.3) is 16.7 Å². The molecule has 3 aromatic rings. The first-order valence-electron chi connectivity index (χ1n) is 7.78. The predicted molar refractivity (Wildman–Crippen MR) is 87.1 cm³/mol. The monoisotopic (exact) mass is 303 g/mol. The van der Waals surface area contributed by atoms with Gasteiger partial charge in [0, 0.05) is 23.7 Å². The molecular formula is C18H17N5. The number of aromatic nitrogens is 4. The number of benzene rings is 1. The van der Waals surface area contributed by atoms with Crippen LogP contribution in [-0.2, 0) is 0 Å². The van der Waals surface area contributed by atoms with Crippen LogP contribution >= 0.6 is 0 Å². The molecule has 5 rings (SSSR count). The summed E-state index contributed by atoms with van der Waals surface area (Å²) in [5.74, 6) is 1.61. The van der Waals surface area contributed by atoms with Gasteiger partial charge in [-0.05, 0) is 49.1 Å². The number of aryl methyl sites for hydroxylation is 1. The first-order valence-corrected chi connectivity index (χ1v) is 7.78. The average molecular weight is 303 g/mol. The highest BCUT2D eigenvalue weighted by Gasteiger charge is 2.62. The second-order valence-electron chi connectivity index (χ2n) is 6.51. The molecule has 0 aliphatic heterocycles. The largest absolute Gasteiger partial charge is 0.242 e. The van der Waals surface area contributed by atoms with Crippen LogP contribution in [0.5, 0.6) is 0 Å². The van der Waals surface area contributed by atoms with E-state index in [-0.39, 0.29) is 0 Å². The fourth-order valence-electron chi connectivity index (χ4n) is 3.52. The molecule has 2 aliphatic rings. The van der Waals surface area contributed by atoms with Gasteiger partial charge in [-0.15, -0.1) is 0 Å². The second-order valence-corrected chi connectivity index (χ2v) is 6.51. The molecule has 1 aromatic carbocycles. The van der Waals surface area contributed by atoms with E-state index >= 15 is 0 Å². The maximum atomic E-state index is 6.50. The lowest BCUT2D eigenvalue weighted by Crippen LogP contribution is -2.00. The van der Waals surface area contributed by atoms with E-state index in [1.807, 2.05) is 23.9 Å². The standard InChI is InChI=1S/C17H16N4.CHN/c1-11-6-16(19-10-18-11)21-15-7-12(2-3-13(15)9-20-21)14-8-17(14)4-5-17;1-2/h2-3,6-7,9-10,14H,4-5,8H2,1H3;1H. The van der Waals surface area contributed by atoms with E-state index in [1.165, 1.54) is 30.2 Å². The van der Waals surface area contributed by atoms with E-state index in [0.717, 1.165) is 22.9 Å². The Hall–Kier alpha value is -2.74. The van der Waals surface area contributed by atoms with Crippen molar-refractivity contribution in [1.82, 2.24) is 19.7 Å². The van der Waals surface area contributed by atoms with Crippen molar-refractivity contribution in [2.24, 2.45) is 5.41 Å². The van der Waals surface area contributed by atoms with Crippen LogP contribution in [0.2, 0.25) is 0 Å². The maximum absolute atomic E-state index is 6.50. The Morgan fingerprint density at radius 2 is 2.04 bits per heavy atom. The molecule has 1 atom stereocenters. The zero-order valence-corrected chi connectivity index (χ0v) is 13.0. The van der Waals surface area contributed by atoms with Crippen molar-refractivity contribution in [3.63, 3.8) is 0 Å². The van der Waals surface area contributed by atoms with Crippen molar-refractivity contribution in [2.45, 2.75) is 32.1 Å². The van der Waals surface area contributed by atoms with Crippen LogP contribution in [0.3, 0.4) is 0 Å². The Morgan fingerprint density at radius 1 is 1.22 bits per heavy atom. The lowest BCUT2D eigenvalue weighted by molar-refractivity contribution is 0.837. The number of nitrogens with zero attached hydrogens (tertiary/aromatic N) is 5. The van der Waals surface area contributed by atoms with Crippen molar-refractivity contribution in [2.75, 3.05) is 0 Å². The lowest BCUT2D eigenvalue weighted by Gasteiger charge is -2.05. The van der Waals surface area contributed by atoms with Crippen molar-refractivity contribution in [1.29, 1.82) is 5.26 Å². The van der Waals surface area contributed by atoms with E-state index in [1.54, 1.807) is 6.33 Å². The number of hydrogen-bond acceptors (Lipinski definition) is 4. The lowest BCUT2D eigenvalue weighted by atomic mass is 10.1. The molecule has 0 bridgehead atoms. The molecule has 2 fully saturated rings. The molecule has 0 N–H and O–H groups in total. The third kappa shape index (κ3) is 2.18. The van der Waals surface area contributed by atoms with Crippen LogP contribution in [0.4, 0.5) is 0 Å². The Labute approximate surface area is 134 Å². The summed E-state index contributed by atoms with van der Waals surface area (Å²) in [7, 11) is 0. The molecule has 0 amide bonds. The van der Waals surface area contributed by atoms with E-state index in [2.05, 4.69) is 39.8 Å². The number of rotatable bonds is 2. The molecule has 23 heavy (non-hydrogen) atoms. The highest BCUT2D eigenvalue weighted by atomic mass is 15.3. The molecule has 1 unspecified atom stereocenters. The minimum atomic E-state index is 0.685. The van der Waals surface area contributed by atoms with Gasteiger partial charge in [-0.2, -0.15) is 5.10 Å². The third-order valence-electron chi connectivity index (χ3n) is 5.09. The summed E-state index contributed by atoms with van der Waals surface area (Å²) in [5.41, 5.74) is 4.25. The van der Waals surface area contributed by atoms with Crippen LogP contribution in [0, 0.1) is 24.2 Å². The van der Waals surface area contributed by atoms with Gasteiger partial charge < -0.3 is 0 Å². The van der Waals surface area contributed by atoms with Crippen molar-refractivity contribution in [3.8, 4) is 12.4 Å². The zero-order chi connectivity index (χ0) is 16.0. The van der Waals surface area contributed by atoms with Gasteiger partial charge in [0.05, 0.1) is 11.7 Å². The molecular weight excluding hydrogens is 286 g/mol. The highest BCUT2D eigenvalue weighted by molar-refractivity contribution is 5.81. The minimum Gasteiger partial charge on any atom is -0.242 e. The van der Waals surface area contributed by atoms with Crippen molar-refractivity contribution < 1.29 is 0 Å². The second kappa shape index (κ2) is 4.88. The van der Waals surface area contributed by atoms with Gasteiger partial charge in [-0.1, -0.05) is 12.1 Å². The predicted octanol–water partition coefficient (Wildman–Crippen LogP) is 3.53. The van der Waals surface area contributed by atoms with Gasteiger partial charge >= 0.3 is 0 Å². The summed E-state index contributed by atoms with van der Waals surface area (Å²) < 4.78 is 1.93. The molecule has 2 heterocycles. The summed E-state index contributed by atoms with van der Waals surface area (Å²) in [6, 6.07) is 8.74. The van der Waals surface area contributed by atoms with Crippen molar-refractivity contribution >= 4 is 10.9 Å². The van der Waals surface area contributed by atoms with Gasteiger partial charge in [0.15, 0.2) is 5.82 Å². The Morgan fingerprint density at radius 3 is 2.74 bits per heavy atom. The molecule has 5 heteroatoms. The van der Waals surface area contributed by atoms with Crippen LogP contribution in [0.1, 0.15) is 36.4 Å². The SMILES string of the molecule is C#N.Cc1cc(-n2ncc3ccc(C4CC45CC5)cc32)ncn1. The minimum absolute atomic E-state index is 0.685. The van der Waals surface area contributed by atoms with E-state index in [9.17, 15) is 0 Å². The third-order valence-corrected chi connectivity index (χ3v) is 5.09. The Balaban J connectivity index is 0.000000652. The summed E-state index contributed by atoms with van der Waals surface area (Å²) in [4.78, 5) is 8.51. The Bertz CT molecular complexity index is 904. The average Bonchev–Trinajstić information content (AvgIpc) is 3.48. The maximum Gasteiger partial charge on any atom is 0.157 e. The molecule has 2 saturated carbocycles. The normalized spacial score (nSPS) is 20.0. The smallest absolute Gasteiger partial charge is 0.157 e. The summed E-state index contributed by atoms with van der Waals surface area (Å²) >= 11 is 0. The molecule has 0 radical (unpaired) electrons. The van der Waals surface area contributed by atoms with E-state index in [4.69, 9.17) is 5.26 Å². The quantitative estimate of drug-likeness (QED) is 0.726. The molecule has 2 aliphatic carbocycles. The molecule has 0 saturated heterocycles. The van der Waals surface area contributed by atoms with Gasteiger partial charge in [0.2, 0.25) is 0 Å². The summed E-state index contributed by atoms with van der Waals surface area (Å²) in [6.45, 7) is 5.48. The summed E-state index contributed by atoms with van der Waals surface area (Å²) in [5, 5.41) is 12.2. The van der Waals surface area contributed by atoms with Gasteiger partial charge in [-0.3, -0.25) is 0 Å². The van der Waals surface area contributed by atoms with E-state index in [0.29, 0.717) is 5.41 Å². The fraction of sp³-hybridized carbons (Fsp3) is 0.333. The Kier molecular flexibility index (Phi) is 2.95. The van der Waals surface area contributed by atoms with Gasteiger partial charge in [0.25, 0.3) is 0 Å². The van der Waals surface area contributed by atoms with Crippen LogP contribution in [-0.4, -0.2) is 19.7 Å². The summed E-state index contributed by atoms with van der Waals surface area (Å²) in [6.07, 6.45) is 7.72. The number of nitriles is 1. The first kappa shape index (κ1) is 13.9. The number of hydrogen-bond donors (Lipinski definition) is 0. The molecule has 114 valence electrons. The van der Waals surface area contributed by atoms with Crippen LogP contribution in [0.15, 0.2) is 36.8 Å². The highest BCUT2D eigenvalue weighted by Crippen LogP contribution is 2.75. The topological polar surface area (TPSA) is 67.4 Å². The van der Waals surface area contributed by atoms with Gasteiger partial charge in [0.1, 0.15) is 6.33 Å². The first-order chi connectivity index (χ1) is 11.3. The molecule has 1 spiro atoms. The van der Waals surface area contributed by atoms with Crippen LogP contribution < -0.4 is 0 Å². The zero-order valence-electron chi connectivity index (χ0n) is 13.0. The van der Waals surface area contributed by atoms with E-state index < -0.39 is 0 Å². The fourth-order valence-corrected chi connectivity index (χ4v) is 3.52.